The second-order valence-corrected chi connectivity index (χ2v) is 10.7. The largest absolute Gasteiger partial charge is 0.406 e. The number of amides is 1. The third-order valence-electron chi connectivity index (χ3n) is 5.06. The van der Waals surface area contributed by atoms with Crippen LogP contribution in [-0.2, 0) is 24.8 Å². The monoisotopic (exact) mass is 506 g/mol. The van der Waals surface area contributed by atoms with E-state index in [0.717, 1.165) is 16.7 Å². The van der Waals surface area contributed by atoms with Gasteiger partial charge in [-0.25, -0.2) is 9.65 Å². The summed E-state index contributed by atoms with van der Waals surface area (Å²) in [5.41, 5.74) is 3.69. The maximum Gasteiger partial charge on any atom is 0.406 e. The van der Waals surface area contributed by atoms with Crippen LogP contribution >= 0.6 is 7.75 Å². The Morgan fingerprint density at radius 1 is 0.778 bits per heavy atom. The highest BCUT2D eigenvalue weighted by Gasteiger charge is 2.34. The molecule has 190 valence electrons. The van der Waals surface area contributed by atoms with Crippen molar-refractivity contribution in [3.8, 4) is 0 Å². The van der Waals surface area contributed by atoms with Crippen molar-refractivity contribution in [3.05, 3.63) is 102 Å². The molecule has 2 N–H and O–H groups in total. The highest BCUT2D eigenvalue weighted by molar-refractivity contribution is 7.51. The van der Waals surface area contributed by atoms with Crippen LogP contribution in [0.2, 0.25) is 0 Å². The molecule has 0 spiro atoms. The first-order chi connectivity index (χ1) is 17.2. The topological polar surface area (TPSA) is 76.7 Å². The van der Waals surface area contributed by atoms with Gasteiger partial charge in [-0.05, 0) is 62.9 Å². The minimum absolute atomic E-state index is 0.317. The molecule has 0 aliphatic rings. The predicted molar refractivity (Wildman–Crippen MR) is 148 cm³/mol. The first-order valence-corrected chi connectivity index (χ1v) is 13.7. The Morgan fingerprint density at radius 3 is 1.81 bits per heavy atom. The fraction of sp³-hybridized carbons (Fsp3) is 0.276. The van der Waals surface area contributed by atoms with Crippen LogP contribution in [0.5, 0.6) is 0 Å². The summed E-state index contributed by atoms with van der Waals surface area (Å²) in [7, 11) is -3.75. The second-order valence-electron chi connectivity index (χ2n) is 9.03. The molecular weight excluding hydrogens is 471 g/mol. The zero-order valence-electron chi connectivity index (χ0n) is 21.3. The lowest BCUT2D eigenvalue weighted by molar-refractivity contribution is -0.117. The Hall–Kier alpha value is -3.02. The van der Waals surface area contributed by atoms with Gasteiger partial charge in [-0.15, -0.1) is 0 Å². The molecule has 0 aromatic heterocycles. The minimum atomic E-state index is -3.75. The van der Waals surface area contributed by atoms with Gasteiger partial charge in [-0.1, -0.05) is 84.9 Å². The van der Waals surface area contributed by atoms with E-state index in [-0.39, 0.29) is 18.1 Å². The number of carbonyl (C=O) groups excluding carboxylic acids is 1. The number of hydrogen-bond acceptors (Lipinski definition) is 4. The van der Waals surface area contributed by atoms with E-state index in [1.807, 2.05) is 97.1 Å². The molecule has 3 rings (SSSR count). The summed E-state index contributed by atoms with van der Waals surface area (Å²) >= 11 is 0. The lowest BCUT2D eigenvalue weighted by Crippen LogP contribution is -2.41. The maximum atomic E-state index is 13.5. The molecule has 3 aromatic rings. The summed E-state index contributed by atoms with van der Waals surface area (Å²) in [6.45, 7) is 7.10. The molecule has 0 bridgehead atoms. The molecule has 3 aromatic carbocycles. The summed E-state index contributed by atoms with van der Waals surface area (Å²) in [6.07, 6.45) is 3.67. The molecular formula is C29H35N2O4P. The Bertz CT molecular complexity index is 1150. The Kier molecular flexibility index (Phi) is 10.2. The van der Waals surface area contributed by atoms with E-state index in [4.69, 9.17) is 9.05 Å². The fourth-order valence-electron chi connectivity index (χ4n) is 3.54. The van der Waals surface area contributed by atoms with Crippen molar-refractivity contribution in [1.29, 1.82) is 0 Å². The number of benzene rings is 3. The van der Waals surface area contributed by atoms with Gasteiger partial charge in [0, 0.05) is 5.69 Å². The van der Waals surface area contributed by atoms with Gasteiger partial charge in [-0.2, -0.15) is 0 Å². The average molecular weight is 507 g/mol. The molecule has 0 heterocycles. The third-order valence-corrected chi connectivity index (χ3v) is 7.08. The van der Waals surface area contributed by atoms with E-state index in [0.29, 0.717) is 12.1 Å². The number of rotatable bonds is 12. The van der Waals surface area contributed by atoms with Gasteiger partial charge >= 0.3 is 7.75 Å². The molecule has 1 amide bonds. The zero-order valence-corrected chi connectivity index (χ0v) is 22.2. The summed E-state index contributed by atoms with van der Waals surface area (Å²) in [4.78, 5) is 13.3. The normalized spacial score (nSPS) is 12.8. The highest BCUT2D eigenvalue weighted by atomic mass is 31.2. The summed E-state index contributed by atoms with van der Waals surface area (Å²) < 4.78 is 24.7. The summed E-state index contributed by atoms with van der Waals surface area (Å²) in [5, 5.41) is 5.83. The van der Waals surface area contributed by atoms with Gasteiger partial charge in [-0.3, -0.25) is 13.8 Å². The molecule has 1 unspecified atom stereocenters. The summed E-state index contributed by atoms with van der Waals surface area (Å²) in [5.74, 6) is -0.327. The maximum absolute atomic E-state index is 13.5. The van der Waals surface area contributed by atoms with Crippen LogP contribution in [0.1, 0.15) is 44.4 Å². The quantitative estimate of drug-likeness (QED) is 0.205. The fourth-order valence-corrected chi connectivity index (χ4v) is 5.41. The first kappa shape index (κ1) is 27.6. The van der Waals surface area contributed by atoms with Crippen molar-refractivity contribution >= 4 is 31.5 Å². The molecule has 7 heteroatoms. The molecule has 36 heavy (non-hydrogen) atoms. The zero-order chi connectivity index (χ0) is 26.0. The van der Waals surface area contributed by atoms with Crippen molar-refractivity contribution in [2.24, 2.45) is 0 Å². The van der Waals surface area contributed by atoms with Crippen molar-refractivity contribution in [1.82, 2.24) is 5.09 Å². The molecule has 6 nitrogen and oxygen atoms in total. The van der Waals surface area contributed by atoms with Crippen LogP contribution in [0.4, 0.5) is 5.69 Å². The first-order valence-electron chi connectivity index (χ1n) is 12.1. The van der Waals surface area contributed by atoms with Crippen molar-refractivity contribution < 1.29 is 18.4 Å². The van der Waals surface area contributed by atoms with Crippen LogP contribution in [0.15, 0.2) is 84.9 Å². The molecule has 0 saturated heterocycles. The van der Waals surface area contributed by atoms with Crippen LogP contribution in [0, 0.1) is 0 Å². The molecule has 0 saturated carbocycles. The van der Waals surface area contributed by atoms with Crippen molar-refractivity contribution in [3.63, 3.8) is 0 Å². The Labute approximate surface area is 214 Å². The van der Waals surface area contributed by atoms with Crippen LogP contribution in [0.3, 0.4) is 0 Å². The molecule has 0 aliphatic carbocycles. The van der Waals surface area contributed by atoms with Crippen LogP contribution in [0.25, 0.3) is 12.2 Å². The highest BCUT2D eigenvalue weighted by Crippen LogP contribution is 2.47. The predicted octanol–water partition coefficient (Wildman–Crippen LogP) is 6.95. The van der Waals surface area contributed by atoms with Gasteiger partial charge in [0.25, 0.3) is 0 Å². The molecule has 0 radical (unpaired) electrons. The van der Waals surface area contributed by atoms with E-state index in [1.165, 1.54) is 0 Å². The number of anilines is 1. The number of carbonyl (C=O) groups is 1. The smallest absolute Gasteiger partial charge is 0.325 e. The van der Waals surface area contributed by atoms with Gasteiger partial charge in [0.2, 0.25) is 5.91 Å². The van der Waals surface area contributed by atoms with E-state index >= 15 is 0 Å². The molecule has 0 fully saturated rings. The van der Waals surface area contributed by atoms with Gasteiger partial charge in [0.15, 0.2) is 0 Å². The van der Waals surface area contributed by atoms with E-state index in [2.05, 4.69) is 10.4 Å². The second kappa shape index (κ2) is 13.3. The van der Waals surface area contributed by atoms with Crippen LogP contribution < -0.4 is 10.4 Å². The lowest BCUT2D eigenvalue weighted by atomic mass is 10.1. The molecule has 0 aliphatic heterocycles. The van der Waals surface area contributed by atoms with Crippen LogP contribution in [-0.4, -0.2) is 24.2 Å². The van der Waals surface area contributed by atoms with Crippen molar-refractivity contribution in [2.75, 3.05) is 5.32 Å². The standard InChI is InChI=1S/C29H35N2O4P/c1-22(2)34-36(33,35-23(3)4)31-28(21-26-13-9-6-10-14-26)29(32)30-27-19-17-25(18-20-27)16-15-24-11-7-5-8-12-24/h5-20,22-23,28H,21H2,1-4H3,(H,30,32)(H,31,33)/b16-15+. The van der Waals surface area contributed by atoms with Gasteiger partial charge in [0.1, 0.15) is 6.04 Å². The Morgan fingerprint density at radius 2 is 1.28 bits per heavy atom. The van der Waals surface area contributed by atoms with E-state index in [9.17, 15) is 9.36 Å². The number of nitrogens with one attached hydrogen (secondary N) is 2. The minimum Gasteiger partial charge on any atom is -0.325 e. The van der Waals surface area contributed by atoms with Gasteiger partial charge < -0.3 is 5.32 Å². The number of hydrogen-bond donors (Lipinski definition) is 2. The SMILES string of the molecule is CC(C)OP(=O)(NC(Cc1ccccc1)C(=O)Nc1ccc(/C=C/c2ccccc2)cc1)OC(C)C. The van der Waals surface area contributed by atoms with Crippen molar-refractivity contribution in [2.45, 2.75) is 52.4 Å². The summed E-state index contributed by atoms with van der Waals surface area (Å²) in [6, 6.07) is 26.3. The Balaban J connectivity index is 1.75. The van der Waals surface area contributed by atoms with E-state index < -0.39 is 13.8 Å². The lowest BCUT2D eigenvalue weighted by Gasteiger charge is -2.27. The third kappa shape index (κ3) is 9.21. The molecule has 1 atom stereocenters. The van der Waals surface area contributed by atoms with Gasteiger partial charge in [0.05, 0.1) is 12.2 Å². The van der Waals surface area contributed by atoms with E-state index in [1.54, 1.807) is 27.7 Å². The average Bonchev–Trinajstić information content (AvgIpc) is 2.83.